The van der Waals surface area contributed by atoms with Crippen molar-refractivity contribution in [1.82, 2.24) is 4.90 Å². The zero-order valence-corrected chi connectivity index (χ0v) is 14.0. The van der Waals surface area contributed by atoms with Crippen molar-refractivity contribution in [3.05, 3.63) is 29.8 Å². The van der Waals surface area contributed by atoms with Crippen LogP contribution in [0.5, 0.6) is 5.75 Å². The average Bonchev–Trinajstić information content (AvgIpc) is 2.57. The number of ether oxygens (including phenoxy) is 3. The van der Waals surface area contributed by atoms with E-state index in [0.29, 0.717) is 26.2 Å². The van der Waals surface area contributed by atoms with Gasteiger partial charge in [-0.05, 0) is 19.1 Å². The number of hydrogen-bond acceptors (Lipinski definition) is 6. The quantitative estimate of drug-likeness (QED) is 0.612. The van der Waals surface area contributed by atoms with Gasteiger partial charge in [-0.2, -0.15) is 0 Å². The molecule has 0 saturated carbocycles. The van der Waals surface area contributed by atoms with E-state index in [2.05, 4.69) is 9.47 Å². The van der Waals surface area contributed by atoms with Crippen molar-refractivity contribution in [2.45, 2.75) is 19.8 Å². The second-order valence-corrected chi connectivity index (χ2v) is 5.16. The summed E-state index contributed by atoms with van der Waals surface area (Å²) in [7, 11) is 2.73. The Morgan fingerprint density at radius 3 is 1.91 bits per heavy atom. The van der Waals surface area contributed by atoms with Crippen LogP contribution in [0.15, 0.2) is 24.3 Å². The van der Waals surface area contributed by atoms with Gasteiger partial charge in [0.05, 0.1) is 27.1 Å². The molecule has 6 heteroatoms. The zero-order chi connectivity index (χ0) is 17.1. The molecule has 0 N–H and O–H groups in total. The summed E-state index contributed by atoms with van der Waals surface area (Å²) >= 11 is 0. The van der Waals surface area contributed by atoms with E-state index in [0.717, 1.165) is 5.75 Å². The average molecular weight is 323 g/mol. The van der Waals surface area contributed by atoms with E-state index < -0.39 is 0 Å². The molecule has 6 nitrogen and oxygen atoms in total. The molecule has 1 aromatic carbocycles. The van der Waals surface area contributed by atoms with Crippen LogP contribution < -0.4 is 4.74 Å². The van der Waals surface area contributed by atoms with Gasteiger partial charge in [0.25, 0.3) is 0 Å². The largest absolute Gasteiger partial charge is 0.492 e. The molecule has 0 fully saturated rings. The number of hydrogen-bond donors (Lipinski definition) is 0. The molecule has 0 aromatic heterocycles. The zero-order valence-electron chi connectivity index (χ0n) is 14.0. The van der Waals surface area contributed by atoms with Crippen LogP contribution in [-0.4, -0.2) is 57.3 Å². The van der Waals surface area contributed by atoms with E-state index in [1.54, 1.807) is 0 Å². The summed E-state index contributed by atoms with van der Waals surface area (Å²) < 4.78 is 15.0. The lowest BCUT2D eigenvalue weighted by molar-refractivity contribution is -0.141. The number of benzene rings is 1. The Balaban J connectivity index is 2.41. The lowest BCUT2D eigenvalue weighted by Gasteiger charge is -2.21. The molecule has 0 heterocycles. The van der Waals surface area contributed by atoms with E-state index in [1.165, 1.54) is 19.8 Å². The minimum Gasteiger partial charge on any atom is -0.492 e. The van der Waals surface area contributed by atoms with E-state index in [1.807, 2.05) is 36.1 Å². The summed E-state index contributed by atoms with van der Waals surface area (Å²) in [5.41, 5.74) is 1.18. The summed E-state index contributed by atoms with van der Waals surface area (Å²) in [5.74, 6) is 0.261. The van der Waals surface area contributed by atoms with Crippen molar-refractivity contribution in [3.63, 3.8) is 0 Å². The Bertz CT molecular complexity index is 466. The fourth-order valence-electron chi connectivity index (χ4n) is 1.97. The normalized spacial score (nSPS) is 10.4. The molecule has 0 aliphatic carbocycles. The molecular formula is C17H25NO5. The van der Waals surface area contributed by atoms with E-state index in [-0.39, 0.29) is 24.8 Å². The molecule has 1 rings (SSSR count). The van der Waals surface area contributed by atoms with Crippen LogP contribution in [-0.2, 0) is 19.1 Å². The highest BCUT2D eigenvalue weighted by Gasteiger charge is 2.11. The van der Waals surface area contributed by atoms with Gasteiger partial charge in [-0.25, -0.2) is 0 Å². The minimum atomic E-state index is -0.271. The smallest absolute Gasteiger partial charge is 0.306 e. The van der Waals surface area contributed by atoms with Gasteiger partial charge in [0, 0.05) is 19.6 Å². The number of carbonyl (C=O) groups excluding carboxylic acids is 2. The molecule has 0 bridgehead atoms. The lowest BCUT2D eigenvalue weighted by atomic mass is 10.2. The van der Waals surface area contributed by atoms with Crippen LogP contribution in [0.2, 0.25) is 0 Å². The van der Waals surface area contributed by atoms with Crippen LogP contribution in [0.3, 0.4) is 0 Å². The SMILES string of the molecule is COC(=O)CCN(CCOc1ccc(C)cc1)CCC(=O)OC. The molecule has 1 aromatic rings. The molecule has 128 valence electrons. The predicted octanol–water partition coefficient (Wildman–Crippen LogP) is 1.80. The van der Waals surface area contributed by atoms with Gasteiger partial charge in [0.1, 0.15) is 12.4 Å². The Kier molecular flexibility index (Phi) is 8.75. The maximum absolute atomic E-state index is 11.3. The monoisotopic (exact) mass is 323 g/mol. The van der Waals surface area contributed by atoms with Gasteiger partial charge in [0.15, 0.2) is 0 Å². The molecular weight excluding hydrogens is 298 g/mol. The minimum absolute atomic E-state index is 0.271. The number of nitrogens with zero attached hydrogens (tertiary/aromatic N) is 1. The van der Waals surface area contributed by atoms with E-state index in [9.17, 15) is 9.59 Å². The topological polar surface area (TPSA) is 65.1 Å². The molecule has 0 radical (unpaired) electrons. The van der Waals surface area contributed by atoms with Gasteiger partial charge in [-0.1, -0.05) is 17.7 Å². The maximum atomic E-state index is 11.3. The highest BCUT2D eigenvalue weighted by molar-refractivity contribution is 5.70. The maximum Gasteiger partial charge on any atom is 0.306 e. The van der Waals surface area contributed by atoms with Crippen LogP contribution in [0.1, 0.15) is 18.4 Å². The Morgan fingerprint density at radius 1 is 0.913 bits per heavy atom. The van der Waals surface area contributed by atoms with Crippen LogP contribution in [0, 0.1) is 6.92 Å². The fourth-order valence-corrected chi connectivity index (χ4v) is 1.97. The van der Waals surface area contributed by atoms with E-state index in [4.69, 9.17) is 4.74 Å². The lowest BCUT2D eigenvalue weighted by Crippen LogP contribution is -2.33. The third-order valence-corrected chi connectivity index (χ3v) is 3.42. The van der Waals surface area contributed by atoms with Gasteiger partial charge >= 0.3 is 11.9 Å². The van der Waals surface area contributed by atoms with Crippen molar-refractivity contribution in [1.29, 1.82) is 0 Å². The van der Waals surface area contributed by atoms with Crippen LogP contribution in [0.25, 0.3) is 0 Å². The summed E-state index contributed by atoms with van der Waals surface area (Å²) in [5, 5.41) is 0. The Morgan fingerprint density at radius 2 is 1.43 bits per heavy atom. The molecule has 0 atom stereocenters. The highest BCUT2D eigenvalue weighted by Crippen LogP contribution is 2.11. The molecule has 23 heavy (non-hydrogen) atoms. The molecule has 0 aliphatic rings. The van der Waals surface area contributed by atoms with Crippen molar-refractivity contribution in [2.75, 3.05) is 40.5 Å². The number of esters is 2. The Hall–Kier alpha value is -2.08. The molecule has 0 amide bonds. The number of aryl methyl sites for hydroxylation is 1. The number of rotatable bonds is 10. The molecule has 0 spiro atoms. The first-order valence-corrected chi connectivity index (χ1v) is 7.60. The molecule has 0 unspecified atom stereocenters. The first kappa shape index (κ1) is 19.0. The number of methoxy groups -OCH3 is 2. The summed E-state index contributed by atoms with van der Waals surface area (Å²) in [6.07, 6.45) is 0.560. The van der Waals surface area contributed by atoms with Crippen molar-refractivity contribution in [3.8, 4) is 5.75 Å². The summed E-state index contributed by atoms with van der Waals surface area (Å²) in [4.78, 5) is 24.5. The van der Waals surface area contributed by atoms with Gasteiger partial charge < -0.3 is 14.2 Å². The highest BCUT2D eigenvalue weighted by atomic mass is 16.5. The first-order valence-electron chi connectivity index (χ1n) is 7.60. The van der Waals surface area contributed by atoms with Crippen molar-refractivity contribution >= 4 is 11.9 Å². The third-order valence-electron chi connectivity index (χ3n) is 3.42. The van der Waals surface area contributed by atoms with Gasteiger partial charge in [-0.3, -0.25) is 14.5 Å². The van der Waals surface area contributed by atoms with Crippen LogP contribution in [0.4, 0.5) is 0 Å². The van der Waals surface area contributed by atoms with Crippen molar-refractivity contribution in [2.24, 2.45) is 0 Å². The Labute approximate surface area is 137 Å². The first-order chi connectivity index (χ1) is 11.0. The number of carbonyl (C=O) groups is 2. The molecule has 0 aliphatic heterocycles. The standard InChI is InChI=1S/C17H25NO5/c1-14-4-6-15(7-5-14)23-13-12-18(10-8-16(19)21-2)11-9-17(20)22-3/h4-7H,8-13H2,1-3H3. The third kappa shape index (κ3) is 8.21. The predicted molar refractivity (Wildman–Crippen MR) is 86.4 cm³/mol. The second kappa shape index (κ2) is 10.6. The van der Waals surface area contributed by atoms with E-state index >= 15 is 0 Å². The van der Waals surface area contributed by atoms with Crippen LogP contribution >= 0.6 is 0 Å². The van der Waals surface area contributed by atoms with Gasteiger partial charge in [0.2, 0.25) is 0 Å². The van der Waals surface area contributed by atoms with Crippen molar-refractivity contribution < 1.29 is 23.8 Å². The van der Waals surface area contributed by atoms with Gasteiger partial charge in [-0.15, -0.1) is 0 Å². The summed E-state index contributed by atoms with van der Waals surface area (Å²) in [6, 6.07) is 7.81. The second-order valence-electron chi connectivity index (χ2n) is 5.16. The molecule has 0 saturated heterocycles. The summed E-state index contributed by atoms with van der Waals surface area (Å²) in [6.45, 7) is 4.14. The fraction of sp³-hybridized carbons (Fsp3) is 0.529.